The molecule has 4 atom stereocenters. The predicted octanol–water partition coefficient (Wildman–Crippen LogP) is 0.861. The van der Waals surface area contributed by atoms with E-state index < -0.39 is 22.2 Å². The van der Waals surface area contributed by atoms with Crippen LogP contribution in [0.3, 0.4) is 0 Å². The van der Waals surface area contributed by atoms with Crippen LogP contribution in [-0.2, 0) is 14.8 Å². The van der Waals surface area contributed by atoms with Gasteiger partial charge in [0.05, 0.1) is 28.4 Å². The summed E-state index contributed by atoms with van der Waals surface area (Å²) in [5, 5.41) is 24.1. The van der Waals surface area contributed by atoms with Crippen LogP contribution in [0.1, 0.15) is 24.4 Å². The molecule has 0 aliphatic carbocycles. The van der Waals surface area contributed by atoms with Gasteiger partial charge >= 0.3 is 0 Å². The number of sulfonamides is 1. The summed E-state index contributed by atoms with van der Waals surface area (Å²) in [4.78, 5) is 14.1. The lowest BCUT2D eigenvalue weighted by atomic mass is 9.96. The quantitative estimate of drug-likeness (QED) is 0.526. The molecule has 8 nitrogen and oxygen atoms in total. The van der Waals surface area contributed by atoms with Crippen LogP contribution in [0.4, 0.5) is 0 Å². The van der Waals surface area contributed by atoms with E-state index in [-0.39, 0.29) is 43.1 Å². The highest BCUT2D eigenvalue weighted by Crippen LogP contribution is 2.41. The van der Waals surface area contributed by atoms with E-state index in [1.807, 2.05) is 0 Å². The molecule has 0 radical (unpaired) electrons. The molecular formula is C17H23Cl2N3O5S. The number of β-amino-alcohol motifs (C(OH)–C–C–N with tert-alkyl or cyclic N) is 1. The van der Waals surface area contributed by atoms with Crippen LogP contribution in [0.2, 0.25) is 10.0 Å². The Labute approximate surface area is 173 Å². The molecule has 11 heteroatoms. The molecule has 2 aliphatic heterocycles. The van der Waals surface area contributed by atoms with Gasteiger partial charge in [0.15, 0.2) is 0 Å². The summed E-state index contributed by atoms with van der Waals surface area (Å²) in [6.45, 7) is 0.800. The summed E-state index contributed by atoms with van der Waals surface area (Å²) in [6.07, 6.45) is 0.933. The number of carbonyl (C=O) groups is 1. The van der Waals surface area contributed by atoms with Crippen LogP contribution in [-0.4, -0.2) is 67.5 Å². The Balaban J connectivity index is 1.59. The minimum Gasteiger partial charge on any atom is -0.508 e. The molecule has 1 aromatic carbocycles. The van der Waals surface area contributed by atoms with E-state index in [0.717, 1.165) is 6.26 Å². The highest BCUT2D eigenvalue weighted by atomic mass is 35.5. The average molecular weight is 452 g/mol. The summed E-state index contributed by atoms with van der Waals surface area (Å²) >= 11 is 12.3. The number of likely N-dealkylation sites (tertiary alicyclic amines) is 1. The summed E-state index contributed by atoms with van der Waals surface area (Å²) in [5.74, 6) is -0.0760. The fraction of sp³-hybridized carbons (Fsp3) is 0.588. The standard InChI is InChI=1S/C17H23Cl2N3O5S/c1-28(26,27)21-12-7-22(8-14(12)24)15(25)5-9-4-11(20-6-9)16-13(23)3-2-10(18)17(16)19/h2-3,9,11-12,14,20-21,23-24H,4-8H2,1H3/t9-,11+,12+,14+/m0/s1. The third-order valence-electron chi connectivity index (χ3n) is 5.15. The van der Waals surface area contributed by atoms with Gasteiger partial charge in [-0.05, 0) is 31.0 Å². The van der Waals surface area contributed by atoms with Gasteiger partial charge in [0.25, 0.3) is 0 Å². The molecule has 2 fully saturated rings. The monoisotopic (exact) mass is 451 g/mol. The Morgan fingerprint density at radius 2 is 2.07 bits per heavy atom. The Kier molecular flexibility index (Phi) is 6.43. The molecule has 2 saturated heterocycles. The number of nitrogens with zero attached hydrogens (tertiary/aromatic N) is 1. The lowest BCUT2D eigenvalue weighted by molar-refractivity contribution is -0.131. The molecule has 0 spiro atoms. The summed E-state index contributed by atoms with van der Waals surface area (Å²) in [6, 6.07) is 2.10. The zero-order valence-electron chi connectivity index (χ0n) is 15.2. The smallest absolute Gasteiger partial charge is 0.223 e. The van der Waals surface area contributed by atoms with E-state index in [9.17, 15) is 23.4 Å². The molecule has 0 unspecified atom stereocenters. The van der Waals surface area contributed by atoms with Gasteiger partial charge in [-0.15, -0.1) is 0 Å². The highest BCUT2D eigenvalue weighted by molar-refractivity contribution is 7.88. The molecule has 3 rings (SSSR count). The van der Waals surface area contributed by atoms with Crippen LogP contribution in [0.15, 0.2) is 12.1 Å². The van der Waals surface area contributed by atoms with E-state index in [0.29, 0.717) is 28.6 Å². The SMILES string of the molecule is CS(=O)(=O)N[C@@H]1CN(C(=O)C[C@H]2CN[C@@H](c3c(O)ccc(Cl)c3Cl)C2)C[C@H]1O. The molecule has 0 bridgehead atoms. The number of aliphatic hydroxyl groups excluding tert-OH is 1. The minimum atomic E-state index is -3.47. The molecule has 0 saturated carbocycles. The van der Waals surface area contributed by atoms with E-state index in [1.165, 1.54) is 17.0 Å². The van der Waals surface area contributed by atoms with Gasteiger partial charge in [0, 0.05) is 31.1 Å². The number of hydrogen-bond acceptors (Lipinski definition) is 6. The van der Waals surface area contributed by atoms with E-state index in [4.69, 9.17) is 23.2 Å². The number of nitrogens with one attached hydrogen (secondary N) is 2. The van der Waals surface area contributed by atoms with Gasteiger partial charge in [-0.25, -0.2) is 13.1 Å². The van der Waals surface area contributed by atoms with E-state index in [2.05, 4.69) is 10.0 Å². The molecular weight excluding hydrogens is 429 g/mol. The van der Waals surface area contributed by atoms with Gasteiger partial charge in [-0.2, -0.15) is 0 Å². The maximum absolute atomic E-state index is 12.6. The second-order valence-corrected chi connectivity index (χ2v) is 9.99. The summed E-state index contributed by atoms with van der Waals surface area (Å²) in [7, 11) is -3.47. The van der Waals surface area contributed by atoms with Crippen molar-refractivity contribution in [1.29, 1.82) is 0 Å². The number of carbonyl (C=O) groups excluding carboxylic acids is 1. The summed E-state index contributed by atoms with van der Waals surface area (Å²) < 4.78 is 25.1. The van der Waals surface area contributed by atoms with Crippen molar-refractivity contribution in [1.82, 2.24) is 14.9 Å². The molecule has 0 aromatic heterocycles. The number of rotatable bonds is 5. The van der Waals surface area contributed by atoms with Gasteiger partial charge in [0.1, 0.15) is 5.75 Å². The van der Waals surface area contributed by atoms with Crippen molar-refractivity contribution in [2.24, 2.45) is 5.92 Å². The van der Waals surface area contributed by atoms with Crippen molar-refractivity contribution in [3.8, 4) is 5.75 Å². The number of benzene rings is 1. The van der Waals surface area contributed by atoms with Crippen LogP contribution < -0.4 is 10.0 Å². The second-order valence-electron chi connectivity index (χ2n) is 7.42. The van der Waals surface area contributed by atoms with Gasteiger partial charge in [-0.1, -0.05) is 23.2 Å². The number of aliphatic hydroxyl groups is 1. The van der Waals surface area contributed by atoms with E-state index in [1.54, 1.807) is 0 Å². The Hall–Kier alpha value is -1.10. The number of hydrogen-bond donors (Lipinski definition) is 4. The fourth-order valence-corrected chi connectivity index (χ4v) is 5.07. The Bertz CT molecular complexity index is 867. The number of halogens is 2. The predicted molar refractivity (Wildman–Crippen MR) is 106 cm³/mol. The highest BCUT2D eigenvalue weighted by Gasteiger charge is 2.37. The minimum absolute atomic E-state index is 0.0195. The average Bonchev–Trinajstić information content (AvgIpc) is 3.17. The topological polar surface area (TPSA) is 119 Å². The largest absolute Gasteiger partial charge is 0.508 e. The third kappa shape index (κ3) is 4.90. The van der Waals surface area contributed by atoms with Crippen LogP contribution in [0.5, 0.6) is 5.75 Å². The first-order valence-electron chi connectivity index (χ1n) is 8.88. The zero-order valence-corrected chi connectivity index (χ0v) is 17.6. The third-order valence-corrected chi connectivity index (χ3v) is 6.70. The van der Waals surface area contributed by atoms with Crippen LogP contribution >= 0.6 is 23.2 Å². The first-order valence-corrected chi connectivity index (χ1v) is 11.5. The fourth-order valence-electron chi connectivity index (χ4n) is 3.83. The van der Waals surface area contributed by atoms with E-state index >= 15 is 0 Å². The maximum Gasteiger partial charge on any atom is 0.223 e. The normalized spacial score (nSPS) is 28.1. The summed E-state index contributed by atoms with van der Waals surface area (Å²) in [5.41, 5.74) is 0.526. The van der Waals surface area contributed by atoms with Crippen LogP contribution in [0, 0.1) is 5.92 Å². The van der Waals surface area contributed by atoms with Crippen LogP contribution in [0.25, 0.3) is 0 Å². The van der Waals surface area contributed by atoms with Crippen molar-refractivity contribution in [3.63, 3.8) is 0 Å². The van der Waals surface area contributed by atoms with Crippen molar-refractivity contribution >= 4 is 39.1 Å². The van der Waals surface area contributed by atoms with Crippen molar-refractivity contribution < 1.29 is 23.4 Å². The Morgan fingerprint density at radius 1 is 1.36 bits per heavy atom. The molecule has 156 valence electrons. The molecule has 2 heterocycles. The molecule has 2 aliphatic rings. The number of phenols is 1. The lowest BCUT2D eigenvalue weighted by Crippen LogP contribution is -2.42. The van der Waals surface area contributed by atoms with Crippen molar-refractivity contribution in [3.05, 3.63) is 27.7 Å². The van der Waals surface area contributed by atoms with Gasteiger partial charge in [0.2, 0.25) is 15.9 Å². The molecule has 4 N–H and O–H groups in total. The number of phenolic OH excluding ortho intramolecular Hbond substituents is 1. The number of amides is 1. The second kappa shape index (κ2) is 8.33. The Morgan fingerprint density at radius 3 is 2.75 bits per heavy atom. The molecule has 28 heavy (non-hydrogen) atoms. The first-order chi connectivity index (χ1) is 13.0. The van der Waals surface area contributed by atoms with Crippen molar-refractivity contribution in [2.45, 2.75) is 31.0 Å². The first kappa shape index (κ1) is 21.6. The molecule has 1 amide bonds. The maximum atomic E-state index is 12.6. The van der Waals surface area contributed by atoms with Gasteiger partial charge in [-0.3, -0.25) is 4.79 Å². The zero-order chi connectivity index (χ0) is 20.6. The molecule has 1 aromatic rings. The lowest BCUT2D eigenvalue weighted by Gasteiger charge is -2.19. The number of aromatic hydroxyl groups is 1. The van der Waals surface area contributed by atoms with Gasteiger partial charge < -0.3 is 20.4 Å². The van der Waals surface area contributed by atoms with Crippen molar-refractivity contribution in [2.75, 3.05) is 25.9 Å².